The first-order valence-electron chi connectivity index (χ1n) is 6.84. The van der Waals surface area contributed by atoms with Crippen LogP contribution in [0.2, 0.25) is 0 Å². The summed E-state index contributed by atoms with van der Waals surface area (Å²) in [6.45, 7) is 2.14. The molecular weight excluding hydrogens is 252 g/mol. The minimum Gasteiger partial charge on any atom is -0.491 e. The van der Waals surface area contributed by atoms with Crippen molar-refractivity contribution in [3.63, 3.8) is 0 Å². The van der Waals surface area contributed by atoms with Gasteiger partial charge in [0.1, 0.15) is 12.1 Å². The summed E-state index contributed by atoms with van der Waals surface area (Å²) < 4.78 is 5.79. The van der Waals surface area contributed by atoms with Crippen LogP contribution in [0.1, 0.15) is 18.2 Å². The van der Waals surface area contributed by atoms with Crippen molar-refractivity contribution >= 4 is 5.69 Å². The fourth-order valence-corrected chi connectivity index (χ4v) is 2.58. The normalized spacial score (nSPS) is 15.9. The SMILES string of the molecule is NCC(c1ccncn1)N1CCCOc2ccccc21. The van der Waals surface area contributed by atoms with Crippen LogP contribution in [0.4, 0.5) is 5.69 Å². The number of benzene rings is 1. The van der Waals surface area contributed by atoms with Gasteiger partial charge in [-0.15, -0.1) is 0 Å². The number of nitrogens with two attached hydrogens (primary N) is 1. The molecule has 0 bridgehead atoms. The van der Waals surface area contributed by atoms with Crippen molar-refractivity contribution in [3.05, 3.63) is 48.5 Å². The molecule has 2 aromatic rings. The topological polar surface area (TPSA) is 64.3 Å². The van der Waals surface area contributed by atoms with Crippen LogP contribution >= 0.6 is 0 Å². The highest BCUT2D eigenvalue weighted by Crippen LogP contribution is 2.35. The van der Waals surface area contributed by atoms with E-state index in [4.69, 9.17) is 10.5 Å². The van der Waals surface area contributed by atoms with Crippen molar-refractivity contribution in [1.29, 1.82) is 0 Å². The summed E-state index contributed by atoms with van der Waals surface area (Å²) >= 11 is 0. The minimum absolute atomic E-state index is 0.0425. The zero-order valence-electron chi connectivity index (χ0n) is 11.3. The summed E-state index contributed by atoms with van der Waals surface area (Å²) in [5, 5.41) is 0. The molecule has 2 N–H and O–H groups in total. The largest absolute Gasteiger partial charge is 0.491 e. The molecule has 0 saturated heterocycles. The highest BCUT2D eigenvalue weighted by Gasteiger charge is 2.24. The number of hydrogen-bond acceptors (Lipinski definition) is 5. The summed E-state index contributed by atoms with van der Waals surface area (Å²) in [5.74, 6) is 0.914. The van der Waals surface area contributed by atoms with E-state index in [2.05, 4.69) is 20.9 Å². The number of ether oxygens (including phenoxy) is 1. The summed E-state index contributed by atoms with van der Waals surface area (Å²) in [4.78, 5) is 10.6. The highest BCUT2D eigenvalue weighted by molar-refractivity contribution is 5.60. The number of nitrogens with zero attached hydrogens (tertiary/aromatic N) is 3. The number of anilines is 1. The molecule has 20 heavy (non-hydrogen) atoms. The first-order chi connectivity index (χ1) is 9.90. The molecule has 0 aliphatic carbocycles. The predicted molar refractivity (Wildman–Crippen MR) is 77.7 cm³/mol. The molecule has 5 nitrogen and oxygen atoms in total. The molecule has 1 atom stereocenters. The van der Waals surface area contributed by atoms with Gasteiger partial charge in [-0.3, -0.25) is 0 Å². The Balaban J connectivity index is 1.99. The average Bonchev–Trinajstić information content (AvgIpc) is 2.72. The third-order valence-electron chi connectivity index (χ3n) is 3.52. The third kappa shape index (κ3) is 2.44. The van der Waals surface area contributed by atoms with Gasteiger partial charge in [0, 0.05) is 19.3 Å². The van der Waals surface area contributed by atoms with E-state index in [-0.39, 0.29) is 6.04 Å². The molecule has 0 saturated carbocycles. The Kier molecular flexibility index (Phi) is 3.78. The summed E-state index contributed by atoms with van der Waals surface area (Å²) in [6, 6.07) is 10.1. The molecule has 0 amide bonds. The molecule has 1 unspecified atom stereocenters. The third-order valence-corrected chi connectivity index (χ3v) is 3.52. The van der Waals surface area contributed by atoms with Crippen LogP contribution in [0, 0.1) is 0 Å². The van der Waals surface area contributed by atoms with Crippen molar-refractivity contribution in [2.45, 2.75) is 12.5 Å². The molecule has 1 aromatic carbocycles. The zero-order chi connectivity index (χ0) is 13.8. The van der Waals surface area contributed by atoms with Crippen molar-refractivity contribution in [1.82, 2.24) is 9.97 Å². The van der Waals surface area contributed by atoms with Gasteiger partial charge >= 0.3 is 0 Å². The van der Waals surface area contributed by atoms with E-state index in [9.17, 15) is 0 Å². The van der Waals surface area contributed by atoms with Gasteiger partial charge in [-0.25, -0.2) is 9.97 Å². The number of aromatic nitrogens is 2. The van der Waals surface area contributed by atoms with E-state index in [0.29, 0.717) is 6.54 Å². The molecule has 0 spiro atoms. The highest BCUT2D eigenvalue weighted by atomic mass is 16.5. The second-order valence-corrected chi connectivity index (χ2v) is 4.75. The Morgan fingerprint density at radius 3 is 3.00 bits per heavy atom. The molecule has 0 fully saturated rings. The first-order valence-corrected chi connectivity index (χ1v) is 6.84. The quantitative estimate of drug-likeness (QED) is 0.920. The lowest BCUT2D eigenvalue weighted by Crippen LogP contribution is -2.34. The van der Waals surface area contributed by atoms with E-state index in [1.165, 1.54) is 0 Å². The average molecular weight is 270 g/mol. The molecule has 0 radical (unpaired) electrons. The molecule has 1 aliphatic heterocycles. The maximum Gasteiger partial charge on any atom is 0.142 e. The minimum atomic E-state index is 0.0425. The summed E-state index contributed by atoms with van der Waals surface area (Å²) in [5.41, 5.74) is 8.03. The van der Waals surface area contributed by atoms with Gasteiger partial charge < -0.3 is 15.4 Å². The van der Waals surface area contributed by atoms with Crippen LogP contribution in [0.25, 0.3) is 0 Å². The molecule has 3 rings (SSSR count). The van der Waals surface area contributed by atoms with Crippen LogP contribution in [-0.2, 0) is 0 Å². The molecule has 5 heteroatoms. The summed E-state index contributed by atoms with van der Waals surface area (Å²) in [6.07, 6.45) is 4.29. The maximum absolute atomic E-state index is 6.00. The van der Waals surface area contributed by atoms with Crippen LogP contribution in [0.15, 0.2) is 42.9 Å². The van der Waals surface area contributed by atoms with E-state index < -0.39 is 0 Å². The van der Waals surface area contributed by atoms with Gasteiger partial charge in [0.2, 0.25) is 0 Å². The van der Waals surface area contributed by atoms with E-state index in [1.54, 1.807) is 12.5 Å². The van der Waals surface area contributed by atoms with E-state index in [0.717, 1.165) is 36.7 Å². The summed E-state index contributed by atoms with van der Waals surface area (Å²) in [7, 11) is 0. The second kappa shape index (κ2) is 5.88. The Bertz CT molecular complexity index is 561. The van der Waals surface area contributed by atoms with Crippen molar-refractivity contribution < 1.29 is 4.74 Å². The van der Waals surface area contributed by atoms with E-state index in [1.807, 2.05) is 24.3 Å². The van der Waals surface area contributed by atoms with Crippen LogP contribution in [-0.4, -0.2) is 29.7 Å². The van der Waals surface area contributed by atoms with Crippen LogP contribution in [0.3, 0.4) is 0 Å². The van der Waals surface area contributed by atoms with Gasteiger partial charge in [0.05, 0.1) is 24.0 Å². The van der Waals surface area contributed by atoms with Crippen molar-refractivity contribution in [2.24, 2.45) is 5.73 Å². The number of rotatable bonds is 3. The fraction of sp³-hybridized carbons (Fsp3) is 0.333. The molecule has 1 aromatic heterocycles. The first kappa shape index (κ1) is 12.9. The zero-order valence-corrected chi connectivity index (χ0v) is 11.3. The standard InChI is InChI=1S/C15H18N4O/c16-10-14(12-6-7-17-11-18-12)19-8-3-9-20-15-5-2-1-4-13(15)19/h1-2,4-7,11,14H,3,8-10,16H2. The Morgan fingerprint density at radius 1 is 1.30 bits per heavy atom. The number of fused-ring (bicyclic) bond motifs is 1. The van der Waals surface area contributed by atoms with Gasteiger partial charge in [-0.1, -0.05) is 12.1 Å². The smallest absolute Gasteiger partial charge is 0.142 e. The fourth-order valence-electron chi connectivity index (χ4n) is 2.58. The van der Waals surface area contributed by atoms with Crippen LogP contribution in [0.5, 0.6) is 5.75 Å². The lowest BCUT2D eigenvalue weighted by molar-refractivity contribution is 0.322. The lowest BCUT2D eigenvalue weighted by Gasteiger charge is -2.31. The van der Waals surface area contributed by atoms with Gasteiger partial charge in [0.25, 0.3) is 0 Å². The predicted octanol–water partition coefficient (Wildman–Crippen LogP) is 1.77. The van der Waals surface area contributed by atoms with Gasteiger partial charge in [-0.05, 0) is 24.6 Å². The Morgan fingerprint density at radius 2 is 2.20 bits per heavy atom. The molecule has 1 aliphatic rings. The Hall–Kier alpha value is -2.14. The number of para-hydroxylation sites is 2. The second-order valence-electron chi connectivity index (χ2n) is 4.75. The van der Waals surface area contributed by atoms with Gasteiger partial charge in [0.15, 0.2) is 0 Å². The van der Waals surface area contributed by atoms with Crippen molar-refractivity contribution in [3.8, 4) is 5.75 Å². The lowest BCUT2D eigenvalue weighted by atomic mass is 10.1. The number of hydrogen-bond donors (Lipinski definition) is 1. The van der Waals surface area contributed by atoms with Crippen molar-refractivity contribution in [2.75, 3.05) is 24.6 Å². The molecular formula is C15H18N4O. The monoisotopic (exact) mass is 270 g/mol. The van der Waals surface area contributed by atoms with Gasteiger partial charge in [-0.2, -0.15) is 0 Å². The Labute approximate surface area is 118 Å². The van der Waals surface area contributed by atoms with E-state index >= 15 is 0 Å². The van der Waals surface area contributed by atoms with Crippen LogP contribution < -0.4 is 15.4 Å². The molecule has 104 valence electrons. The maximum atomic E-state index is 6.00. The molecule has 2 heterocycles.